The number of aromatic nitrogens is 2. The second-order valence-corrected chi connectivity index (χ2v) is 7.96. The number of nitrogens with two attached hydrogens (primary N) is 1. The van der Waals surface area contributed by atoms with Crippen molar-refractivity contribution in [2.45, 2.75) is 25.4 Å². The Balaban J connectivity index is 1.42. The first-order valence-electron chi connectivity index (χ1n) is 10.6. The van der Waals surface area contributed by atoms with E-state index in [0.29, 0.717) is 6.54 Å². The summed E-state index contributed by atoms with van der Waals surface area (Å²) in [4.78, 5) is 26.8. The van der Waals surface area contributed by atoms with E-state index in [2.05, 4.69) is 15.3 Å². The number of benzene rings is 2. The van der Waals surface area contributed by atoms with Crippen LogP contribution in [-0.2, 0) is 16.1 Å². The zero-order chi connectivity index (χ0) is 21.6. The predicted molar refractivity (Wildman–Crippen MR) is 119 cm³/mol. The smallest absolute Gasteiger partial charge is 0.253 e. The molecule has 7 nitrogen and oxygen atoms in total. The standard InChI is InChI=1S/C24H27N5O2/c25-23(30)20-8-4-14-28(17-20)16-18-9-11-21(12-10-18)27-24(31)22(29-15-5-13-26-29)19-6-2-1-3-7-19/h1-3,5-7,9-13,15,20,22H,4,8,14,16-17H2,(H2,25,30)(H,27,31). The lowest BCUT2D eigenvalue weighted by Gasteiger charge is -2.31. The minimum absolute atomic E-state index is 0.0653. The number of nitrogens with zero attached hydrogens (tertiary/aromatic N) is 3. The van der Waals surface area contributed by atoms with Crippen molar-refractivity contribution in [2.24, 2.45) is 11.7 Å². The highest BCUT2D eigenvalue weighted by atomic mass is 16.2. The van der Waals surface area contributed by atoms with Crippen LogP contribution >= 0.6 is 0 Å². The van der Waals surface area contributed by atoms with Crippen molar-refractivity contribution in [3.63, 3.8) is 0 Å². The number of hydrogen-bond donors (Lipinski definition) is 2. The molecule has 0 spiro atoms. The van der Waals surface area contributed by atoms with Crippen LogP contribution in [0, 0.1) is 5.92 Å². The van der Waals surface area contributed by atoms with E-state index in [1.165, 1.54) is 0 Å². The number of piperidine rings is 1. The zero-order valence-electron chi connectivity index (χ0n) is 17.4. The molecule has 160 valence electrons. The lowest BCUT2D eigenvalue weighted by molar-refractivity contribution is -0.123. The third-order valence-electron chi connectivity index (χ3n) is 5.69. The molecule has 0 aliphatic carbocycles. The summed E-state index contributed by atoms with van der Waals surface area (Å²) in [5, 5.41) is 7.28. The fourth-order valence-electron chi connectivity index (χ4n) is 4.09. The van der Waals surface area contributed by atoms with Crippen LogP contribution in [0.25, 0.3) is 0 Å². The molecule has 1 aromatic heterocycles. The van der Waals surface area contributed by atoms with E-state index in [-0.39, 0.29) is 17.7 Å². The topological polar surface area (TPSA) is 93.3 Å². The zero-order valence-corrected chi connectivity index (χ0v) is 17.4. The lowest BCUT2D eigenvalue weighted by atomic mass is 9.97. The number of primary amides is 1. The molecule has 3 aromatic rings. The SMILES string of the molecule is NC(=O)C1CCCN(Cc2ccc(NC(=O)C(c3ccccc3)n3cccn3)cc2)C1. The normalized spacial score (nSPS) is 17.7. The molecule has 1 aliphatic rings. The van der Waals surface area contributed by atoms with Crippen LogP contribution in [-0.4, -0.2) is 39.6 Å². The number of likely N-dealkylation sites (tertiary alicyclic amines) is 1. The number of nitrogens with one attached hydrogen (secondary N) is 1. The molecular weight excluding hydrogens is 390 g/mol. The first-order valence-corrected chi connectivity index (χ1v) is 10.6. The Labute approximate surface area is 181 Å². The molecule has 2 aromatic carbocycles. The van der Waals surface area contributed by atoms with Crippen molar-refractivity contribution >= 4 is 17.5 Å². The van der Waals surface area contributed by atoms with Crippen LogP contribution in [0.3, 0.4) is 0 Å². The molecular formula is C24H27N5O2. The van der Waals surface area contributed by atoms with Gasteiger partial charge in [0, 0.05) is 31.2 Å². The molecule has 0 radical (unpaired) electrons. The van der Waals surface area contributed by atoms with Crippen LogP contribution in [0.4, 0.5) is 5.69 Å². The number of carbonyl (C=O) groups excluding carboxylic acids is 2. The summed E-state index contributed by atoms with van der Waals surface area (Å²) in [7, 11) is 0. The van der Waals surface area contributed by atoms with Crippen LogP contribution in [0.15, 0.2) is 73.1 Å². The van der Waals surface area contributed by atoms with E-state index in [1.807, 2.05) is 54.6 Å². The molecule has 7 heteroatoms. The fourth-order valence-corrected chi connectivity index (χ4v) is 4.09. The highest BCUT2D eigenvalue weighted by Gasteiger charge is 2.24. The molecule has 0 bridgehead atoms. The first-order chi connectivity index (χ1) is 15.1. The molecule has 0 saturated carbocycles. The van der Waals surface area contributed by atoms with Crippen LogP contribution in [0.5, 0.6) is 0 Å². The molecule has 4 rings (SSSR count). The van der Waals surface area contributed by atoms with Gasteiger partial charge in [0.1, 0.15) is 0 Å². The molecule has 3 N–H and O–H groups in total. The van der Waals surface area contributed by atoms with Crippen LogP contribution in [0.1, 0.15) is 30.0 Å². The Morgan fingerprint density at radius 2 is 1.87 bits per heavy atom. The Kier molecular flexibility index (Phi) is 6.43. The molecule has 1 fully saturated rings. The summed E-state index contributed by atoms with van der Waals surface area (Å²) in [5.74, 6) is -0.430. The van der Waals surface area contributed by atoms with Gasteiger partial charge >= 0.3 is 0 Å². The first kappa shape index (κ1) is 20.8. The highest BCUT2D eigenvalue weighted by molar-refractivity contribution is 5.95. The van der Waals surface area contributed by atoms with Crippen molar-refractivity contribution in [3.8, 4) is 0 Å². The van der Waals surface area contributed by atoms with Gasteiger partial charge in [0.05, 0.1) is 5.92 Å². The van der Waals surface area contributed by atoms with Crippen molar-refractivity contribution < 1.29 is 9.59 Å². The van der Waals surface area contributed by atoms with E-state index in [1.54, 1.807) is 23.1 Å². The molecule has 1 saturated heterocycles. The Hall–Kier alpha value is -3.45. The summed E-state index contributed by atoms with van der Waals surface area (Å²) >= 11 is 0. The predicted octanol–water partition coefficient (Wildman–Crippen LogP) is 2.81. The maximum atomic E-state index is 13.1. The maximum absolute atomic E-state index is 13.1. The summed E-state index contributed by atoms with van der Waals surface area (Å²) in [6.07, 6.45) is 5.31. The van der Waals surface area contributed by atoms with Crippen molar-refractivity contribution in [3.05, 3.63) is 84.2 Å². The summed E-state index contributed by atoms with van der Waals surface area (Å²) in [6, 6.07) is 18.7. The van der Waals surface area contributed by atoms with E-state index in [9.17, 15) is 9.59 Å². The number of carbonyl (C=O) groups is 2. The van der Waals surface area contributed by atoms with Gasteiger partial charge in [-0.3, -0.25) is 19.2 Å². The molecule has 31 heavy (non-hydrogen) atoms. The average Bonchev–Trinajstić information content (AvgIpc) is 3.30. The maximum Gasteiger partial charge on any atom is 0.253 e. The minimum Gasteiger partial charge on any atom is -0.369 e. The van der Waals surface area contributed by atoms with Gasteiger partial charge in [-0.25, -0.2) is 0 Å². The van der Waals surface area contributed by atoms with Crippen molar-refractivity contribution in [1.29, 1.82) is 0 Å². The fraction of sp³-hybridized carbons (Fsp3) is 0.292. The van der Waals surface area contributed by atoms with Gasteiger partial charge in [0.2, 0.25) is 5.91 Å². The number of anilines is 1. The van der Waals surface area contributed by atoms with Crippen LogP contribution in [0.2, 0.25) is 0 Å². The second-order valence-electron chi connectivity index (χ2n) is 7.96. The van der Waals surface area contributed by atoms with E-state index in [4.69, 9.17) is 5.73 Å². The molecule has 2 amide bonds. The van der Waals surface area contributed by atoms with Gasteiger partial charge in [0.15, 0.2) is 6.04 Å². The van der Waals surface area contributed by atoms with Gasteiger partial charge in [-0.05, 0) is 48.7 Å². The minimum atomic E-state index is -0.546. The van der Waals surface area contributed by atoms with Crippen molar-refractivity contribution in [2.75, 3.05) is 18.4 Å². The Bertz CT molecular complexity index is 1000. The van der Waals surface area contributed by atoms with Crippen LogP contribution < -0.4 is 11.1 Å². The third-order valence-corrected chi connectivity index (χ3v) is 5.69. The van der Waals surface area contributed by atoms with E-state index >= 15 is 0 Å². The quantitative estimate of drug-likeness (QED) is 0.618. The van der Waals surface area contributed by atoms with Gasteiger partial charge in [-0.15, -0.1) is 0 Å². The van der Waals surface area contributed by atoms with Gasteiger partial charge in [-0.2, -0.15) is 5.10 Å². The van der Waals surface area contributed by atoms with Gasteiger partial charge < -0.3 is 11.1 Å². The molecule has 2 unspecified atom stereocenters. The van der Waals surface area contributed by atoms with E-state index in [0.717, 1.165) is 42.7 Å². The summed E-state index contributed by atoms with van der Waals surface area (Å²) in [6.45, 7) is 2.43. The third kappa shape index (κ3) is 5.19. The largest absolute Gasteiger partial charge is 0.369 e. The average molecular weight is 418 g/mol. The highest BCUT2D eigenvalue weighted by Crippen LogP contribution is 2.22. The Morgan fingerprint density at radius 1 is 1.10 bits per heavy atom. The lowest BCUT2D eigenvalue weighted by Crippen LogP contribution is -2.40. The second kappa shape index (κ2) is 9.57. The van der Waals surface area contributed by atoms with E-state index < -0.39 is 6.04 Å². The van der Waals surface area contributed by atoms with Crippen molar-refractivity contribution in [1.82, 2.24) is 14.7 Å². The summed E-state index contributed by atoms with van der Waals surface area (Å²) in [5.41, 5.74) is 8.21. The molecule has 2 heterocycles. The Morgan fingerprint density at radius 3 is 2.55 bits per heavy atom. The van der Waals surface area contributed by atoms with Gasteiger partial charge in [0.25, 0.3) is 5.91 Å². The monoisotopic (exact) mass is 417 g/mol. The number of amides is 2. The number of hydrogen-bond acceptors (Lipinski definition) is 4. The molecule has 2 atom stereocenters. The van der Waals surface area contributed by atoms with Gasteiger partial charge in [-0.1, -0.05) is 42.5 Å². The summed E-state index contributed by atoms with van der Waals surface area (Å²) < 4.78 is 1.66. The number of rotatable bonds is 7. The molecule has 1 aliphatic heterocycles.